The molecule has 0 unspecified atom stereocenters. The van der Waals surface area contributed by atoms with Crippen LogP contribution in [-0.2, 0) is 0 Å². The average Bonchev–Trinajstić information content (AvgIpc) is 3.02. The standard InChI is InChI=1S/C24H20FN3O2/c1-14-6-11-18(13-15(14)2)27-24(30)20-19-5-3-4-12-28(19)22(21(20)26)23(29)16-7-9-17(25)10-8-16/h3-13H,26H2,1-2H3,(H,27,30). The zero-order valence-corrected chi connectivity index (χ0v) is 16.6. The van der Waals surface area contributed by atoms with Gasteiger partial charge in [0.25, 0.3) is 5.91 Å². The molecule has 4 rings (SSSR count). The first-order valence-corrected chi connectivity index (χ1v) is 9.44. The summed E-state index contributed by atoms with van der Waals surface area (Å²) >= 11 is 0. The van der Waals surface area contributed by atoms with Gasteiger partial charge in [-0.25, -0.2) is 4.39 Å². The van der Waals surface area contributed by atoms with E-state index < -0.39 is 11.7 Å². The maximum atomic E-state index is 13.3. The molecule has 0 atom stereocenters. The van der Waals surface area contributed by atoms with Gasteiger partial charge in [0.1, 0.15) is 11.5 Å². The number of hydrogen-bond acceptors (Lipinski definition) is 3. The molecule has 0 aliphatic heterocycles. The Hall–Kier alpha value is -3.93. The van der Waals surface area contributed by atoms with E-state index in [4.69, 9.17) is 5.73 Å². The second-order valence-corrected chi connectivity index (χ2v) is 7.18. The van der Waals surface area contributed by atoms with E-state index >= 15 is 0 Å². The van der Waals surface area contributed by atoms with Crippen molar-refractivity contribution in [1.29, 1.82) is 0 Å². The second-order valence-electron chi connectivity index (χ2n) is 7.18. The molecule has 0 spiro atoms. The number of carbonyl (C=O) groups excluding carboxylic acids is 2. The summed E-state index contributed by atoms with van der Waals surface area (Å²) in [4.78, 5) is 26.2. The summed E-state index contributed by atoms with van der Waals surface area (Å²) in [6.07, 6.45) is 1.68. The van der Waals surface area contributed by atoms with E-state index in [1.165, 1.54) is 24.3 Å². The molecule has 150 valence electrons. The minimum Gasteiger partial charge on any atom is -0.396 e. The quantitative estimate of drug-likeness (QED) is 0.484. The fraction of sp³-hybridized carbons (Fsp3) is 0.0833. The van der Waals surface area contributed by atoms with Gasteiger partial charge < -0.3 is 15.5 Å². The van der Waals surface area contributed by atoms with E-state index in [-0.39, 0.29) is 28.3 Å². The average molecular weight is 401 g/mol. The maximum Gasteiger partial charge on any atom is 0.259 e. The summed E-state index contributed by atoms with van der Waals surface area (Å²) in [6.45, 7) is 3.96. The van der Waals surface area contributed by atoms with Crippen LogP contribution in [0, 0.1) is 19.7 Å². The lowest BCUT2D eigenvalue weighted by Gasteiger charge is -2.08. The van der Waals surface area contributed by atoms with Crippen molar-refractivity contribution in [2.75, 3.05) is 11.1 Å². The third kappa shape index (κ3) is 3.33. The van der Waals surface area contributed by atoms with Gasteiger partial charge in [0.2, 0.25) is 5.78 Å². The highest BCUT2D eigenvalue weighted by atomic mass is 19.1. The van der Waals surface area contributed by atoms with Crippen LogP contribution >= 0.6 is 0 Å². The molecule has 0 saturated carbocycles. The first kappa shape index (κ1) is 19.4. The monoisotopic (exact) mass is 401 g/mol. The number of benzene rings is 2. The summed E-state index contributed by atoms with van der Waals surface area (Å²) in [5.41, 5.74) is 10.4. The van der Waals surface area contributed by atoms with Crippen molar-refractivity contribution in [2.45, 2.75) is 13.8 Å². The minimum atomic E-state index is -0.437. The smallest absolute Gasteiger partial charge is 0.259 e. The van der Waals surface area contributed by atoms with E-state index in [2.05, 4.69) is 5.32 Å². The van der Waals surface area contributed by atoms with E-state index in [1.807, 2.05) is 32.0 Å². The summed E-state index contributed by atoms with van der Waals surface area (Å²) in [5.74, 6) is -1.23. The highest BCUT2D eigenvalue weighted by Gasteiger charge is 2.26. The highest BCUT2D eigenvalue weighted by Crippen LogP contribution is 2.29. The Bertz CT molecular complexity index is 1290. The molecule has 6 heteroatoms. The van der Waals surface area contributed by atoms with Gasteiger partial charge in [-0.3, -0.25) is 9.59 Å². The first-order chi connectivity index (χ1) is 14.4. The molecule has 2 heterocycles. The van der Waals surface area contributed by atoms with Crippen LogP contribution < -0.4 is 11.1 Å². The summed E-state index contributed by atoms with van der Waals surface area (Å²) < 4.78 is 14.9. The third-order valence-electron chi connectivity index (χ3n) is 5.19. The fourth-order valence-electron chi connectivity index (χ4n) is 3.45. The number of fused-ring (bicyclic) bond motifs is 1. The van der Waals surface area contributed by atoms with Crippen molar-refractivity contribution >= 4 is 28.6 Å². The number of ketones is 1. The van der Waals surface area contributed by atoms with Crippen molar-refractivity contribution in [3.8, 4) is 0 Å². The van der Waals surface area contributed by atoms with Crippen LogP contribution in [0.25, 0.3) is 5.52 Å². The number of anilines is 2. The van der Waals surface area contributed by atoms with Crippen LogP contribution in [0.4, 0.5) is 15.8 Å². The molecular weight excluding hydrogens is 381 g/mol. The van der Waals surface area contributed by atoms with Crippen LogP contribution in [-0.4, -0.2) is 16.1 Å². The molecule has 2 aromatic heterocycles. The van der Waals surface area contributed by atoms with Gasteiger partial charge in [0, 0.05) is 17.4 Å². The SMILES string of the molecule is Cc1ccc(NC(=O)c2c(N)c(C(=O)c3ccc(F)cc3)n3ccccc23)cc1C. The Labute approximate surface area is 173 Å². The number of pyridine rings is 1. The number of nitrogens with two attached hydrogens (primary N) is 1. The predicted molar refractivity (Wildman–Crippen MR) is 116 cm³/mol. The summed E-state index contributed by atoms with van der Waals surface area (Å²) in [7, 11) is 0. The second kappa shape index (κ2) is 7.48. The van der Waals surface area contributed by atoms with E-state index in [9.17, 15) is 14.0 Å². The maximum absolute atomic E-state index is 13.3. The van der Waals surface area contributed by atoms with Crippen molar-refractivity contribution in [3.63, 3.8) is 0 Å². The molecule has 0 saturated heterocycles. The van der Waals surface area contributed by atoms with E-state index in [1.54, 1.807) is 28.8 Å². The molecule has 0 radical (unpaired) electrons. The fourth-order valence-corrected chi connectivity index (χ4v) is 3.45. The number of halogens is 1. The lowest BCUT2D eigenvalue weighted by atomic mass is 10.1. The van der Waals surface area contributed by atoms with E-state index in [0.717, 1.165) is 11.1 Å². The number of aryl methyl sites for hydroxylation is 2. The van der Waals surface area contributed by atoms with Crippen molar-refractivity contribution in [3.05, 3.63) is 101 Å². The number of rotatable bonds is 4. The van der Waals surface area contributed by atoms with Crippen LogP contribution in [0.2, 0.25) is 0 Å². The van der Waals surface area contributed by atoms with Gasteiger partial charge in [0.05, 0.1) is 16.8 Å². The Balaban J connectivity index is 1.80. The molecule has 0 fully saturated rings. The van der Waals surface area contributed by atoms with Gasteiger partial charge in [-0.2, -0.15) is 0 Å². The summed E-state index contributed by atoms with van der Waals surface area (Å²) in [6, 6.07) is 16.1. The Morgan fingerprint density at radius 2 is 1.70 bits per heavy atom. The number of hydrogen-bond donors (Lipinski definition) is 2. The summed E-state index contributed by atoms with van der Waals surface area (Å²) in [5, 5.41) is 2.87. The van der Waals surface area contributed by atoms with Crippen LogP contribution in [0.5, 0.6) is 0 Å². The molecule has 3 N–H and O–H groups in total. The number of nitrogens with one attached hydrogen (secondary N) is 1. The Morgan fingerprint density at radius 3 is 2.40 bits per heavy atom. The van der Waals surface area contributed by atoms with Crippen LogP contribution in [0.15, 0.2) is 66.9 Å². The van der Waals surface area contributed by atoms with Gasteiger partial charge in [-0.05, 0) is 73.5 Å². The molecule has 5 nitrogen and oxygen atoms in total. The molecular formula is C24H20FN3O2. The minimum absolute atomic E-state index is 0.0804. The van der Waals surface area contributed by atoms with E-state index in [0.29, 0.717) is 11.2 Å². The molecule has 4 aromatic rings. The first-order valence-electron chi connectivity index (χ1n) is 9.44. The largest absolute Gasteiger partial charge is 0.396 e. The van der Waals surface area contributed by atoms with Gasteiger partial charge >= 0.3 is 0 Å². The number of nitrogens with zero attached hydrogens (tertiary/aromatic N) is 1. The van der Waals surface area contributed by atoms with Gasteiger partial charge in [0.15, 0.2) is 0 Å². The predicted octanol–water partition coefficient (Wildman–Crippen LogP) is 4.76. The molecule has 0 aliphatic carbocycles. The zero-order chi connectivity index (χ0) is 21.4. The van der Waals surface area contributed by atoms with Crippen LogP contribution in [0.3, 0.4) is 0 Å². The van der Waals surface area contributed by atoms with Crippen LogP contribution in [0.1, 0.15) is 37.5 Å². The molecule has 30 heavy (non-hydrogen) atoms. The molecule has 2 aromatic carbocycles. The van der Waals surface area contributed by atoms with Gasteiger partial charge in [-0.1, -0.05) is 12.1 Å². The van der Waals surface area contributed by atoms with Crippen molar-refractivity contribution in [1.82, 2.24) is 4.40 Å². The molecule has 0 aliphatic rings. The topological polar surface area (TPSA) is 76.6 Å². The van der Waals surface area contributed by atoms with Crippen molar-refractivity contribution in [2.24, 2.45) is 0 Å². The molecule has 1 amide bonds. The lowest BCUT2D eigenvalue weighted by molar-refractivity contribution is 0.102. The normalized spacial score (nSPS) is 10.9. The Morgan fingerprint density at radius 1 is 0.967 bits per heavy atom. The van der Waals surface area contributed by atoms with Crippen molar-refractivity contribution < 1.29 is 14.0 Å². The van der Waals surface area contributed by atoms with Gasteiger partial charge in [-0.15, -0.1) is 0 Å². The Kier molecular flexibility index (Phi) is 4.83. The third-order valence-corrected chi connectivity index (χ3v) is 5.19. The lowest BCUT2D eigenvalue weighted by Crippen LogP contribution is -2.14. The zero-order valence-electron chi connectivity index (χ0n) is 16.6. The number of amides is 1. The number of nitrogen functional groups attached to an aromatic ring is 1. The number of aromatic nitrogens is 1. The highest BCUT2D eigenvalue weighted by molar-refractivity contribution is 6.20. The number of carbonyl (C=O) groups is 2. The molecule has 0 bridgehead atoms.